The van der Waals surface area contributed by atoms with E-state index in [1.54, 1.807) is 30.5 Å². The van der Waals surface area contributed by atoms with Crippen molar-refractivity contribution in [2.75, 3.05) is 0 Å². The summed E-state index contributed by atoms with van der Waals surface area (Å²) in [6, 6.07) is 8.07. The lowest BCUT2D eigenvalue weighted by Gasteiger charge is -2.09. The second-order valence-electron chi connectivity index (χ2n) is 5.59. The molecule has 1 atom stereocenters. The van der Waals surface area contributed by atoms with Gasteiger partial charge in [-0.25, -0.2) is 4.39 Å². The zero-order valence-corrected chi connectivity index (χ0v) is 16.5. The molecule has 3 heterocycles. The lowest BCUT2D eigenvalue weighted by atomic mass is 10.2. The maximum Gasteiger partial charge on any atom is 0.260 e. The van der Waals surface area contributed by atoms with Crippen molar-refractivity contribution in [1.29, 1.82) is 0 Å². The summed E-state index contributed by atoms with van der Waals surface area (Å²) in [5.41, 5.74) is 0.205. The molecule has 1 aromatic carbocycles. The van der Waals surface area contributed by atoms with E-state index in [9.17, 15) is 4.39 Å². The van der Waals surface area contributed by atoms with Crippen LogP contribution < -0.4 is 0 Å². The van der Waals surface area contributed by atoms with Gasteiger partial charge >= 0.3 is 0 Å². The molecule has 1 unspecified atom stereocenters. The first-order valence-corrected chi connectivity index (χ1v) is 9.33. The smallest absolute Gasteiger partial charge is 0.260 e. The molecule has 0 fully saturated rings. The summed E-state index contributed by atoms with van der Waals surface area (Å²) in [5, 5.41) is 11.7. The molecule has 0 saturated heterocycles. The van der Waals surface area contributed by atoms with Gasteiger partial charge in [0.1, 0.15) is 11.1 Å². The standard InChI is InChI=1S/C17H13BrFN5O2S/c1-2-24-15(12-4-3-7-25-12)21-22-16(24)13(27)14-20-17(26-23-14)10-8-9(18)5-6-11(10)19/h3-8,13,27H,2H2,1H3. The van der Waals surface area contributed by atoms with Crippen LogP contribution in [-0.4, -0.2) is 24.9 Å². The molecule has 3 aromatic heterocycles. The van der Waals surface area contributed by atoms with E-state index in [0.29, 0.717) is 28.4 Å². The van der Waals surface area contributed by atoms with Gasteiger partial charge in [-0.1, -0.05) is 21.1 Å². The van der Waals surface area contributed by atoms with Crippen LogP contribution in [0.15, 0.2) is 50.0 Å². The van der Waals surface area contributed by atoms with Crippen molar-refractivity contribution in [2.45, 2.75) is 18.7 Å². The van der Waals surface area contributed by atoms with E-state index < -0.39 is 11.1 Å². The van der Waals surface area contributed by atoms with E-state index in [0.717, 1.165) is 0 Å². The molecular weight excluding hydrogens is 437 g/mol. The van der Waals surface area contributed by atoms with Crippen LogP contribution in [0.1, 0.15) is 23.8 Å². The lowest BCUT2D eigenvalue weighted by Crippen LogP contribution is -2.08. The molecule has 0 aliphatic rings. The third-order valence-corrected chi connectivity index (χ3v) is 4.88. The van der Waals surface area contributed by atoms with Gasteiger partial charge in [-0.15, -0.1) is 10.2 Å². The average Bonchev–Trinajstić information content (AvgIpc) is 3.42. The van der Waals surface area contributed by atoms with Gasteiger partial charge in [0.05, 0.1) is 11.8 Å². The molecular formula is C17H13BrFN5O2S. The van der Waals surface area contributed by atoms with Crippen LogP contribution in [0, 0.1) is 5.82 Å². The summed E-state index contributed by atoms with van der Waals surface area (Å²) in [4.78, 5) is 4.29. The quantitative estimate of drug-likeness (QED) is 0.450. The number of halogens is 2. The van der Waals surface area contributed by atoms with Gasteiger partial charge in [0.2, 0.25) is 0 Å². The number of aromatic nitrogens is 5. The summed E-state index contributed by atoms with van der Waals surface area (Å²) in [6.45, 7) is 2.55. The highest BCUT2D eigenvalue weighted by Gasteiger charge is 2.26. The minimum atomic E-state index is -0.603. The first-order valence-electron chi connectivity index (χ1n) is 8.02. The first kappa shape index (κ1) is 17.9. The van der Waals surface area contributed by atoms with Gasteiger partial charge < -0.3 is 13.5 Å². The van der Waals surface area contributed by atoms with E-state index in [-0.39, 0.29) is 17.3 Å². The molecule has 0 aliphatic carbocycles. The van der Waals surface area contributed by atoms with Gasteiger partial charge in [-0.05, 0) is 37.3 Å². The minimum Gasteiger partial charge on any atom is -0.461 e. The number of hydrogen-bond acceptors (Lipinski definition) is 7. The number of furan rings is 1. The monoisotopic (exact) mass is 449 g/mol. The third-order valence-electron chi connectivity index (χ3n) is 3.93. The van der Waals surface area contributed by atoms with Crippen molar-refractivity contribution in [1.82, 2.24) is 24.9 Å². The fourth-order valence-corrected chi connectivity index (χ4v) is 3.31. The number of thiol groups is 1. The Morgan fingerprint density at radius 1 is 1.30 bits per heavy atom. The summed E-state index contributed by atoms with van der Waals surface area (Å²) < 4.78 is 27.3. The zero-order valence-electron chi connectivity index (χ0n) is 14.0. The van der Waals surface area contributed by atoms with Gasteiger partial charge in [0, 0.05) is 11.0 Å². The Morgan fingerprint density at radius 2 is 2.15 bits per heavy atom. The van der Waals surface area contributed by atoms with Crippen LogP contribution in [0.2, 0.25) is 0 Å². The normalized spacial score (nSPS) is 12.4. The van der Waals surface area contributed by atoms with Gasteiger partial charge in [-0.2, -0.15) is 17.6 Å². The molecule has 7 nitrogen and oxygen atoms in total. The van der Waals surface area contributed by atoms with E-state index in [1.165, 1.54) is 6.07 Å². The third kappa shape index (κ3) is 3.30. The molecule has 0 N–H and O–H groups in total. The van der Waals surface area contributed by atoms with Crippen molar-refractivity contribution in [3.05, 3.63) is 58.5 Å². The van der Waals surface area contributed by atoms with Crippen molar-refractivity contribution >= 4 is 28.6 Å². The van der Waals surface area contributed by atoms with Crippen LogP contribution in [0.4, 0.5) is 4.39 Å². The highest BCUT2D eigenvalue weighted by molar-refractivity contribution is 9.10. The van der Waals surface area contributed by atoms with Crippen molar-refractivity contribution in [3.63, 3.8) is 0 Å². The van der Waals surface area contributed by atoms with Gasteiger partial charge in [0.25, 0.3) is 5.89 Å². The van der Waals surface area contributed by atoms with Crippen LogP contribution in [0.5, 0.6) is 0 Å². The Morgan fingerprint density at radius 3 is 2.89 bits per heavy atom. The van der Waals surface area contributed by atoms with Crippen LogP contribution in [0.3, 0.4) is 0 Å². The molecule has 4 aromatic rings. The lowest BCUT2D eigenvalue weighted by molar-refractivity contribution is 0.420. The van der Waals surface area contributed by atoms with Crippen LogP contribution in [-0.2, 0) is 6.54 Å². The summed E-state index contributed by atoms with van der Waals surface area (Å²) in [6.07, 6.45) is 1.57. The fraction of sp³-hybridized carbons (Fsp3) is 0.176. The number of nitrogens with zero attached hydrogens (tertiary/aromatic N) is 5. The van der Waals surface area contributed by atoms with E-state index in [1.807, 2.05) is 11.5 Å². The molecule has 27 heavy (non-hydrogen) atoms. The van der Waals surface area contributed by atoms with E-state index in [4.69, 9.17) is 8.94 Å². The van der Waals surface area contributed by atoms with Gasteiger partial charge in [0.15, 0.2) is 23.2 Å². The fourth-order valence-electron chi connectivity index (χ4n) is 2.65. The minimum absolute atomic E-state index is 0.0664. The predicted octanol–water partition coefficient (Wildman–Crippen LogP) is 4.53. The Bertz CT molecular complexity index is 1080. The van der Waals surface area contributed by atoms with E-state index >= 15 is 0 Å². The van der Waals surface area contributed by atoms with Gasteiger partial charge in [-0.3, -0.25) is 0 Å². The molecule has 4 rings (SSSR count). The highest BCUT2D eigenvalue weighted by Crippen LogP contribution is 2.31. The second-order valence-corrected chi connectivity index (χ2v) is 7.02. The van der Waals surface area contributed by atoms with Crippen LogP contribution in [0.25, 0.3) is 23.0 Å². The topological polar surface area (TPSA) is 82.8 Å². The molecule has 0 bridgehead atoms. The van der Waals surface area contributed by atoms with E-state index in [2.05, 4.69) is 48.9 Å². The molecule has 138 valence electrons. The first-order chi connectivity index (χ1) is 13.1. The highest BCUT2D eigenvalue weighted by atomic mass is 79.9. The number of hydrogen-bond donors (Lipinski definition) is 1. The summed E-state index contributed by atoms with van der Waals surface area (Å²) in [5.74, 6) is 1.59. The summed E-state index contributed by atoms with van der Waals surface area (Å²) >= 11 is 7.88. The Labute approximate surface area is 167 Å². The Hall–Kier alpha value is -2.46. The molecule has 0 saturated carbocycles. The Kier molecular flexibility index (Phi) is 4.83. The number of rotatable bonds is 5. The molecule has 10 heteroatoms. The maximum absolute atomic E-state index is 14.1. The average molecular weight is 450 g/mol. The Balaban J connectivity index is 1.69. The molecule has 0 radical (unpaired) electrons. The molecule has 0 amide bonds. The zero-order chi connectivity index (χ0) is 19.0. The van der Waals surface area contributed by atoms with Crippen molar-refractivity contribution < 1.29 is 13.3 Å². The largest absolute Gasteiger partial charge is 0.461 e. The maximum atomic E-state index is 14.1. The molecule has 0 spiro atoms. The van der Waals surface area contributed by atoms with Crippen molar-refractivity contribution in [2.24, 2.45) is 0 Å². The number of benzene rings is 1. The SMILES string of the molecule is CCn1c(-c2ccco2)nnc1C(S)c1noc(-c2cc(Br)ccc2F)n1. The van der Waals surface area contributed by atoms with Crippen LogP contribution >= 0.6 is 28.6 Å². The molecule has 0 aliphatic heterocycles. The van der Waals surface area contributed by atoms with Crippen molar-refractivity contribution in [3.8, 4) is 23.0 Å². The second kappa shape index (κ2) is 7.28. The predicted molar refractivity (Wildman–Crippen MR) is 102 cm³/mol. The summed E-state index contributed by atoms with van der Waals surface area (Å²) in [7, 11) is 0.